The van der Waals surface area contributed by atoms with Gasteiger partial charge in [-0.1, -0.05) is 30.3 Å². The van der Waals surface area contributed by atoms with E-state index in [-0.39, 0.29) is 17.9 Å². The van der Waals surface area contributed by atoms with E-state index in [1.54, 1.807) is 4.90 Å². The zero-order valence-corrected chi connectivity index (χ0v) is 10.2. The molecule has 1 heterocycles. The Kier molecular flexibility index (Phi) is 2.24. The van der Waals surface area contributed by atoms with E-state index in [0.717, 1.165) is 5.56 Å². The number of benzene rings is 1. The minimum absolute atomic E-state index is 0.00802. The van der Waals surface area contributed by atoms with E-state index in [0.29, 0.717) is 13.0 Å². The SMILES string of the molecule is C[C@@H](c1ccccc1)N1C[C@H]2C[C@@]2(C(=O)O)C1=O. The van der Waals surface area contributed by atoms with Gasteiger partial charge in [-0.2, -0.15) is 0 Å². The molecule has 0 spiro atoms. The summed E-state index contributed by atoms with van der Waals surface area (Å²) in [7, 11) is 0. The molecule has 0 aromatic heterocycles. The van der Waals surface area contributed by atoms with Crippen molar-refractivity contribution < 1.29 is 14.7 Å². The molecule has 1 aromatic carbocycles. The highest BCUT2D eigenvalue weighted by molar-refractivity contribution is 6.07. The van der Waals surface area contributed by atoms with Crippen LogP contribution in [0.2, 0.25) is 0 Å². The van der Waals surface area contributed by atoms with Gasteiger partial charge in [0.15, 0.2) is 5.41 Å². The Morgan fingerprint density at radius 3 is 2.67 bits per heavy atom. The van der Waals surface area contributed by atoms with Crippen molar-refractivity contribution in [3.8, 4) is 0 Å². The maximum Gasteiger partial charge on any atom is 0.319 e. The molecule has 94 valence electrons. The van der Waals surface area contributed by atoms with Crippen molar-refractivity contribution in [1.29, 1.82) is 0 Å². The lowest BCUT2D eigenvalue weighted by Crippen LogP contribution is -2.37. The Bertz CT molecular complexity index is 513. The highest BCUT2D eigenvalue weighted by Crippen LogP contribution is 2.60. The number of fused-ring (bicyclic) bond motifs is 1. The van der Waals surface area contributed by atoms with Crippen LogP contribution in [0.4, 0.5) is 0 Å². The minimum atomic E-state index is -1.09. The standard InChI is InChI=1S/C14H15NO3/c1-9(10-5-3-2-4-6-10)15-8-11-7-14(11,12(15)16)13(17)18/h2-6,9,11H,7-8H2,1H3,(H,17,18)/t9-,11+,14-/m0/s1. The molecule has 3 atom stereocenters. The lowest BCUT2D eigenvalue weighted by Gasteiger charge is -2.27. The van der Waals surface area contributed by atoms with Gasteiger partial charge in [-0.25, -0.2) is 0 Å². The fraction of sp³-hybridized carbons (Fsp3) is 0.429. The Hall–Kier alpha value is -1.84. The summed E-state index contributed by atoms with van der Waals surface area (Å²) in [6.07, 6.45) is 0.513. The van der Waals surface area contributed by atoms with E-state index >= 15 is 0 Å². The maximum atomic E-state index is 12.3. The fourth-order valence-electron chi connectivity index (χ4n) is 2.99. The van der Waals surface area contributed by atoms with Gasteiger partial charge in [0.2, 0.25) is 5.91 Å². The number of carboxylic acid groups (broad SMARTS) is 1. The lowest BCUT2D eigenvalue weighted by molar-refractivity contribution is -0.151. The van der Waals surface area contributed by atoms with Crippen molar-refractivity contribution >= 4 is 11.9 Å². The molecule has 4 nitrogen and oxygen atoms in total. The van der Waals surface area contributed by atoms with Gasteiger partial charge in [-0.05, 0) is 18.9 Å². The molecule has 1 aliphatic heterocycles. The van der Waals surface area contributed by atoms with Gasteiger partial charge in [0, 0.05) is 12.5 Å². The number of nitrogens with zero attached hydrogens (tertiary/aromatic N) is 1. The quantitative estimate of drug-likeness (QED) is 0.824. The van der Waals surface area contributed by atoms with Crippen molar-refractivity contribution in [2.45, 2.75) is 19.4 Å². The van der Waals surface area contributed by atoms with Crippen LogP contribution in [0, 0.1) is 11.3 Å². The Balaban J connectivity index is 1.85. The third-order valence-corrected chi connectivity index (χ3v) is 4.30. The van der Waals surface area contributed by atoms with Gasteiger partial charge >= 0.3 is 5.97 Å². The summed E-state index contributed by atoms with van der Waals surface area (Å²) in [6.45, 7) is 2.52. The van der Waals surface area contributed by atoms with E-state index in [9.17, 15) is 14.7 Å². The summed E-state index contributed by atoms with van der Waals surface area (Å²) in [5.74, 6) is -1.16. The molecule has 3 rings (SSSR count). The molecule has 1 saturated heterocycles. The summed E-state index contributed by atoms with van der Waals surface area (Å²) >= 11 is 0. The molecule has 0 radical (unpaired) electrons. The molecule has 2 aliphatic rings. The second kappa shape index (κ2) is 3.57. The van der Waals surface area contributed by atoms with E-state index in [1.165, 1.54) is 0 Å². The van der Waals surface area contributed by atoms with Gasteiger partial charge in [-0.15, -0.1) is 0 Å². The summed E-state index contributed by atoms with van der Waals surface area (Å²) < 4.78 is 0. The van der Waals surface area contributed by atoms with Gasteiger partial charge < -0.3 is 10.0 Å². The summed E-state index contributed by atoms with van der Waals surface area (Å²) in [4.78, 5) is 25.2. The molecule has 1 saturated carbocycles. The topological polar surface area (TPSA) is 57.6 Å². The predicted octanol–water partition coefficient (Wildman–Crippen LogP) is 1.68. The zero-order chi connectivity index (χ0) is 12.9. The largest absolute Gasteiger partial charge is 0.480 e. The number of hydrogen-bond acceptors (Lipinski definition) is 2. The zero-order valence-electron chi connectivity index (χ0n) is 10.2. The molecule has 4 heteroatoms. The van der Waals surface area contributed by atoms with Crippen LogP contribution in [0.3, 0.4) is 0 Å². The molecule has 1 N–H and O–H groups in total. The Morgan fingerprint density at radius 1 is 1.44 bits per heavy atom. The third kappa shape index (κ3) is 1.32. The van der Waals surface area contributed by atoms with Crippen LogP contribution >= 0.6 is 0 Å². The number of carboxylic acids is 1. The van der Waals surface area contributed by atoms with E-state index in [2.05, 4.69) is 0 Å². The average molecular weight is 245 g/mol. The number of amides is 1. The number of aliphatic carboxylic acids is 1. The summed E-state index contributed by atoms with van der Waals surface area (Å²) in [5.41, 5.74) is -0.0454. The molecule has 1 amide bonds. The van der Waals surface area contributed by atoms with E-state index < -0.39 is 11.4 Å². The van der Waals surface area contributed by atoms with Crippen molar-refractivity contribution in [3.63, 3.8) is 0 Å². The lowest BCUT2D eigenvalue weighted by atomic mass is 10.0. The van der Waals surface area contributed by atoms with Crippen molar-refractivity contribution in [2.75, 3.05) is 6.54 Å². The van der Waals surface area contributed by atoms with E-state index in [4.69, 9.17) is 0 Å². The number of hydrogen-bond donors (Lipinski definition) is 1. The van der Waals surface area contributed by atoms with Gasteiger partial charge in [0.1, 0.15) is 0 Å². The smallest absolute Gasteiger partial charge is 0.319 e. The molecule has 0 unspecified atom stereocenters. The number of carbonyl (C=O) groups is 2. The van der Waals surface area contributed by atoms with E-state index in [1.807, 2.05) is 37.3 Å². The molecular weight excluding hydrogens is 230 g/mol. The number of carbonyl (C=O) groups excluding carboxylic acids is 1. The third-order valence-electron chi connectivity index (χ3n) is 4.30. The number of rotatable bonds is 3. The first kappa shape index (κ1) is 11.3. The minimum Gasteiger partial charge on any atom is -0.480 e. The highest BCUT2D eigenvalue weighted by Gasteiger charge is 2.72. The summed E-state index contributed by atoms with van der Waals surface area (Å²) in [5, 5.41) is 9.21. The first-order valence-electron chi connectivity index (χ1n) is 6.17. The predicted molar refractivity (Wildman–Crippen MR) is 64.7 cm³/mol. The van der Waals surface area contributed by atoms with Crippen LogP contribution in [-0.4, -0.2) is 28.4 Å². The Labute approximate surface area is 105 Å². The maximum absolute atomic E-state index is 12.3. The van der Waals surface area contributed by atoms with Crippen LogP contribution in [0.25, 0.3) is 0 Å². The van der Waals surface area contributed by atoms with Crippen LogP contribution in [0.5, 0.6) is 0 Å². The first-order valence-corrected chi connectivity index (χ1v) is 6.17. The van der Waals surface area contributed by atoms with Crippen molar-refractivity contribution in [1.82, 2.24) is 4.90 Å². The van der Waals surface area contributed by atoms with Crippen LogP contribution in [-0.2, 0) is 9.59 Å². The fourth-order valence-corrected chi connectivity index (χ4v) is 2.99. The molecule has 18 heavy (non-hydrogen) atoms. The second-order valence-electron chi connectivity index (χ2n) is 5.22. The first-order chi connectivity index (χ1) is 8.57. The number of piperidine rings is 1. The van der Waals surface area contributed by atoms with Crippen LogP contribution < -0.4 is 0 Å². The van der Waals surface area contributed by atoms with Crippen molar-refractivity contribution in [2.24, 2.45) is 11.3 Å². The average Bonchev–Trinajstić information content (AvgIpc) is 3.04. The van der Waals surface area contributed by atoms with Gasteiger partial charge in [0.05, 0.1) is 6.04 Å². The number of likely N-dealkylation sites (tertiary alicyclic amines) is 1. The van der Waals surface area contributed by atoms with Gasteiger partial charge in [-0.3, -0.25) is 9.59 Å². The molecule has 2 fully saturated rings. The highest BCUT2D eigenvalue weighted by atomic mass is 16.4. The van der Waals surface area contributed by atoms with Gasteiger partial charge in [0.25, 0.3) is 0 Å². The Morgan fingerprint density at radius 2 is 2.11 bits per heavy atom. The van der Waals surface area contributed by atoms with Crippen molar-refractivity contribution in [3.05, 3.63) is 35.9 Å². The monoisotopic (exact) mass is 245 g/mol. The molecule has 1 aromatic rings. The second-order valence-corrected chi connectivity index (χ2v) is 5.22. The normalized spacial score (nSPS) is 31.1. The summed E-state index contributed by atoms with van der Waals surface area (Å²) in [6, 6.07) is 9.67. The molecular formula is C14H15NO3. The van der Waals surface area contributed by atoms with Crippen LogP contribution in [0.15, 0.2) is 30.3 Å². The van der Waals surface area contributed by atoms with Crippen LogP contribution in [0.1, 0.15) is 24.9 Å². The molecule has 1 aliphatic carbocycles. The molecule has 0 bridgehead atoms.